The molecule has 0 fully saturated rings. The first-order valence-corrected chi connectivity index (χ1v) is 10.7. The van der Waals surface area contributed by atoms with E-state index in [2.05, 4.69) is 80.9 Å². The molecule has 5 heteroatoms. The van der Waals surface area contributed by atoms with Crippen molar-refractivity contribution < 1.29 is 0 Å². The van der Waals surface area contributed by atoms with E-state index >= 15 is 0 Å². The van der Waals surface area contributed by atoms with Gasteiger partial charge in [0.05, 0.1) is 15.7 Å². The van der Waals surface area contributed by atoms with Crippen molar-refractivity contribution in [3.63, 3.8) is 0 Å². The molecule has 2 aromatic heterocycles. The Hall–Kier alpha value is -3.57. The van der Waals surface area contributed by atoms with E-state index in [1.54, 1.807) is 11.3 Å². The van der Waals surface area contributed by atoms with Crippen LogP contribution in [-0.2, 0) is 6.54 Å². The van der Waals surface area contributed by atoms with E-state index in [9.17, 15) is 0 Å². The molecule has 0 spiro atoms. The molecule has 0 radical (unpaired) electrons. The van der Waals surface area contributed by atoms with Crippen molar-refractivity contribution in [1.82, 2.24) is 15.0 Å². The fraction of sp³-hybridized carbons (Fsp3) is 0.0800. The number of nitrogens with one attached hydrogen (secondary N) is 1. The fourth-order valence-corrected chi connectivity index (χ4v) is 4.23. The van der Waals surface area contributed by atoms with Gasteiger partial charge in [-0.15, -0.1) is 11.3 Å². The SMILES string of the molecule is Cc1ncc(-c2ccc3ncsc3c2)c(NCc2cccc(-c3ccccc3)c2)n1. The molecule has 2 heterocycles. The van der Waals surface area contributed by atoms with E-state index in [-0.39, 0.29) is 0 Å². The lowest BCUT2D eigenvalue weighted by atomic mass is 10.0. The maximum atomic E-state index is 4.68. The molecule has 0 aliphatic heterocycles. The highest BCUT2D eigenvalue weighted by atomic mass is 32.1. The van der Waals surface area contributed by atoms with E-state index in [0.717, 1.165) is 33.0 Å². The highest BCUT2D eigenvalue weighted by molar-refractivity contribution is 7.16. The predicted molar refractivity (Wildman–Crippen MR) is 125 cm³/mol. The Kier molecular flexibility index (Phi) is 4.95. The van der Waals surface area contributed by atoms with Crippen LogP contribution >= 0.6 is 11.3 Å². The zero-order chi connectivity index (χ0) is 20.3. The Morgan fingerprint density at radius 3 is 2.60 bits per heavy atom. The molecule has 3 aromatic carbocycles. The quantitative estimate of drug-likeness (QED) is 0.369. The van der Waals surface area contributed by atoms with Gasteiger partial charge in [-0.2, -0.15) is 0 Å². The number of thiazole rings is 1. The number of benzene rings is 3. The van der Waals surface area contributed by atoms with Crippen LogP contribution in [0.5, 0.6) is 0 Å². The average molecular weight is 409 g/mol. The minimum absolute atomic E-state index is 0.687. The standard InChI is InChI=1S/C25H20N4S/c1-17-26-15-22(21-10-11-23-24(13-21)30-16-28-23)25(29-17)27-14-18-6-5-9-20(12-18)19-7-3-2-4-8-19/h2-13,15-16H,14H2,1H3,(H,26,27,29). The Bertz CT molecular complexity index is 1310. The zero-order valence-electron chi connectivity index (χ0n) is 16.5. The van der Waals surface area contributed by atoms with Gasteiger partial charge in [0, 0.05) is 18.3 Å². The highest BCUT2D eigenvalue weighted by Crippen LogP contribution is 2.30. The van der Waals surface area contributed by atoms with E-state index in [1.807, 2.05) is 30.8 Å². The molecule has 4 nitrogen and oxygen atoms in total. The predicted octanol–water partition coefficient (Wildman–Crippen LogP) is 6.34. The minimum atomic E-state index is 0.687. The summed E-state index contributed by atoms with van der Waals surface area (Å²) in [5, 5.41) is 3.53. The second-order valence-electron chi connectivity index (χ2n) is 7.13. The lowest BCUT2D eigenvalue weighted by Gasteiger charge is -2.13. The van der Waals surface area contributed by atoms with Crippen LogP contribution in [0.1, 0.15) is 11.4 Å². The fourth-order valence-electron chi connectivity index (χ4n) is 3.52. The van der Waals surface area contributed by atoms with Crippen molar-refractivity contribution in [2.45, 2.75) is 13.5 Å². The van der Waals surface area contributed by atoms with Gasteiger partial charge in [-0.3, -0.25) is 0 Å². The van der Waals surface area contributed by atoms with Gasteiger partial charge in [-0.05, 0) is 47.4 Å². The van der Waals surface area contributed by atoms with Gasteiger partial charge in [-0.1, -0.05) is 54.6 Å². The number of fused-ring (bicyclic) bond motifs is 1. The smallest absolute Gasteiger partial charge is 0.137 e. The van der Waals surface area contributed by atoms with E-state index in [4.69, 9.17) is 0 Å². The Balaban J connectivity index is 1.43. The number of hydrogen-bond donors (Lipinski definition) is 1. The third-order valence-electron chi connectivity index (χ3n) is 5.05. The second kappa shape index (κ2) is 8.05. The number of anilines is 1. The normalized spacial score (nSPS) is 11.0. The van der Waals surface area contributed by atoms with E-state index in [0.29, 0.717) is 6.54 Å². The first-order chi connectivity index (χ1) is 14.8. The minimum Gasteiger partial charge on any atom is -0.365 e. The van der Waals surface area contributed by atoms with Gasteiger partial charge in [0.1, 0.15) is 11.6 Å². The number of rotatable bonds is 5. The molecule has 0 atom stereocenters. The molecule has 0 saturated heterocycles. The zero-order valence-corrected chi connectivity index (χ0v) is 17.4. The highest BCUT2D eigenvalue weighted by Gasteiger charge is 2.10. The van der Waals surface area contributed by atoms with Crippen molar-refractivity contribution >= 4 is 27.4 Å². The van der Waals surface area contributed by atoms with Crippen LogP contribution in [0.25, 0.3) is 32.5 Å². The van der Waals surface area contributed by atoms with Crippen molar-refractivity contribution in [2.24, 2.45) is 0 Å². The molecular weight excluding hydrogens is 388 g/mol. The summed E-state index contributed by atoms with van der Waals surface area (Å²) in [7, 11) is 0. The number of aromatic nitrogens is 3. The second-order valence-corrected chi connectivity index (χ2v) is 8.02. The third kappa shape index (κ3) is 3.80. The molecule has 0 amide bonds. The van der Waals surface area contributed by atoms with Gasteiger partial charge in [0.15, 0.2) is 0 Å². The van der Waals surface area contributed by atoms with Crippen molar-refractivity contribution in [1.29, 1.82) is 0 Å². The molecule has 1 N–H and O–H groups in total. The van der Waals surface area contributed by atoms with Crippen LogP contribution in [0.4, 0.5) is 5.82 Å². The van der Waals surface area contributed by atoms with Crippen LogP contribution < -0.4 is 5.32 Å². The molecule has 0 unspecified atom stereocenters. The summed E-state index contributed by atoms with van der Waals surface area (Å²) in [6.45, 7) is 2.60. The van der Waals surface area contributed by atoms with Crippen LogP contribution in [0.2, 0.25) is 0 Å². The van der Waals surface area contributed by atoms with Crippen LogP contribution in [-0.4, -0.2) is 15.0 Å². The summed E-state index contributed by atoms with van der Waals surface area (Å²) in [4.78, 5) is 13.5. The average Bonchev–Trinajstić information content (AvgIpc) is 3.26. The van der Waals surface area contributed by atoms with Gasteiger partial charge >= 0.3 is 0 Å². The van der Waals surface area contributed by atoms with Crippen molar-refractivity contribution in [3.8, 4) is 22.3 Å². The Morgan fingerprint density at radius 2 is 1.70 bits per heavy atom. The van der Waals surface area contributed by atoms with Crippen molar-refractivity contribution in [3.05, 3.63) is 95.9 Å². The molecule has 0 aliphatic rings. The van der Waals surface area contributed by atoms with Crippen LogP contribution in [0, 0.1) is 6.92 Å². The van der Waals surface area contributed by atoms with Crippen LogP contribution in [0.15, 0.2) is 84.5 Å². The summed E-state index contributed by atoms with van der Waals surface area (Å²) in [5.41, 5.74) is 8.61. The number of nitrogens with zero attached hydrogens (tertiary/aromatic N) is 3. The van der Waals surface area contributed by atoms with E-state index < -0.39 is 0 Å². The lowest BCUT2D eigenvalue weighted by molar-refractivity contribution is 1.03. The summed E-state index contributed by atoms with van der Waals surface area (Å²) < 4.78 is 1.16. The summed E-state index contributed by atoms with van der Waals surface area (Å²) >= 11 is 1.64. The molecule has 5 aromatic rings. The molecule has 5 rings (SSSR count). The molecule has 0 aliphatic carbocycles. The van der Waals surface area contributed by atoms with Gasteiger partial charge in [0.2, 0.25) is 0 Å². The van der Waals surface area contributed by atoms with Crippen LogP contribution in [0.3, 0.4) is 0 Å². The number of hydrogen-bond acceptors (Lipinski definition) is 5. The lowest BCUT2D eigenvalue weighted by Crippen LogP contribution is -2.05. The first kappa shape index (κ1) is 18.5. The summed E-state index contributed by atoms with van der Waals surface area (Å²) in [6.07, 6.45) is 1.90. The van der Waals surface area contributed by atoms with Crippen molar-refractivity contribution in [2.75, 3.05) is 5.32 Å². The maximum absolute atomic E-state index is 4.68. The first-order valence-electron chi connectivity index (χ1n) is 9.82. The van der Waals surface area contributed by atoms with Gasteiger partial charge in [-0.25, -0.2) is 15.0 Å². The van der Waals surface area contributed by atoms with Gasteiger partial charge in [0.25, 0.3) is 0 Å². The van der Waals surface area contributed by atoms with E-state index in [1.165, 1.54) is 16.7 Å². The molecule has 30 heavy (non-hydrogen) atoms. The Morgan fingerprint density at radius 1 is 0.833 bits per heavy atom. The Labute approximate surface area is 179 Å². The van der Waals surface area contributed by atoms with Gasteiger partial charge < -0.3 is 5.32 Å². The molecule has 146 valence electrons. The monoisotopic (exact) mass is 408 g/mol. The summed E-state index contributed by atoms with van der Waals surface area (Å²) in [6, 6.07) is 25.3. The maximum Gasteiger partial charge on any atom is 0.137 e. The number of aryl methyl sites for hydroxylation is 1. The largest absolute Gasteiger partial charge is 0.365 e. The molecular formula is C25H20N4S. The summed E-state index contributed by atoms with van der Waals surface area (Å²) in [5.74, 6) is 1.59. The third-order valence-corrected chi connectivity index (χ3v) is 5.84. The topological polar surface area (TPSA) is 50.7 Å². The molecule has 0 saturated carbocycles. The molecule has 0 bridgehead atoms.